The lowest BCUT2D eigenvalue weighted by atomic mass is 9.90. The van der Waals surface area contributed by atoms with Gasteiger partial charge in [-0.05, 0) is 43.1 Å². The van der Waals surface area contributed by atoms with Gasteiger partial charge in [-0.1, -0.05) is 72.8 Å². The second kappa shape index (κ2) is 7.37. The third kappa shape index (κ3) is 2.72. The fourth-order valence-corrected chi connectivity index (χ4v) is 3.58. The Balaban J connectivity index is 0.000000292. The highest BCUT2D eigenvalue weighted by Gasteiger charge is 2.11. The summed E-state index contributed by atoms with van der Waals surface area (Å²) >= 11 is 0. The Bertz CT molecular complexity index is 1100. The summed E-state index contributed by atoms with van der Waals surface area (Å²) < 4.78 is 0. The van der Waals surface area contributed by atoms with Crippen molar-refractivity contribution in [1.82, 2.24) is 0 Å². The van der Waals surface area contributed by atoms with Crippen LogP contribution >= 0.6 is 0 Å². The van der Waals surface area contributed by atoms with Crippen LogP contribution in [0.2, 0.25) is 0 Å². The predicted octanol–water partition coefficient (Wildman–Crippen LogP) is 5.54. The maximum Gasteiger partial charge on any atom is 0.231 e. The van der Waals surface area contributed by atoms with Crippen LogP contribution in [-0.2, 0) is 9.59 Å². The second-order valence-corrected chi connectivity index (χ2v) is 5.62. The van der Waals surface area contributed by atoms with Gasteiger partial charge in [0, 0.05) is 0 Å². The largest absolute Gasteiger partial charge is 0.231 e. The third-order valence-electron chi connectivity index (χ3n) is 4.39. The van der Waals surface area contributed by atoms with E-state index in [2.05, 4.69) is 72.8 Å². The van der Waals surface area contributed by atoms with Gasteiger partial charge in [-0.15, -0.1) is 0 Å². The molecule has 0 amide bonds. The molecule has 0 bridgehead atoms. The fourth-order valence-electron chi connectivity index (χ4n) is 3.58. The van der Waals surface area contributed by atoms with Crippen molar-refractivity contribution in [3.8, 4) is 0 Å². The molecule has 5 aromatic rings. The Labute approximate surface area is 149 Å². The van der Waals surface area contributed by atoms with Crippen LogP contribution in [0, 0.1) is 10.8 Å². The molecule has 0 heterocycles. The Morgan fingerprint density at radius 1 is 0.500 bits per heavy atom. The number of fused-ring (bicyclic) bond motifs is 2. The summed E-state index contributed by atoms with van der Waals surface area (Å²) in [6.07, 6.45) is 1.50. The summed E-state index contributed by atoms with van der Waals surface area (Å²) in [4.78, 5) is 16.7. The molecule has 0 aliphatic rings. The first-order chi connectivity index (χ1) is 12.8. The quantitative estimate of drug-likeness (QED) is 0.168. The third-order valence-corrected chi connectivity index (χ3v) is 4.39. The lowest BCUT2D eigenvalue weighted by Crippen LogP contribution is -1.85. The van der Waals surface area contributed by atoms with Crippen molar-refractivity contribution < 1.29 is 9.59 Å². The van der Waals surface area contributed by atoms with Crippen LogP contribution in [0.3, 0.4) is 0 Å². The van der Waals surface area contributed by atoms with Gasteiger partial charge in [-0.25, -0.2) is 20.4 Å². The van der Waals surface area contributed by atoms with Crippen LogP contribution in [0.15, 0.2) is 72.8 Å². The molecule has 0 saturated heterocycles. The summed E-state index contributed by atoms with van der Waals surface area (Å²) in [5.41, 5.74) is 0. The molecule has 0 saturated carbocycles. The first kappa shape index (κ1) is 17.0. The summed E-state index contributed by atoms with van der Waals surface area (Å²) in [5, 5.41) is 21.7. The van der Waals surface area contributed by atoms with Crippen molar-refractivity contribution in [2.24, 2.45) is 0 Å². The highest BCUT2D eigenvalue weighted by molar-refractivity contribution is 6.32. The molecule has 2 N–H and O–H groups in total. The molecule has 0 atom stereocenters. The van der Waals surface area contributed by atoms with Gasteiger partial charge in [0.2, 0.25) is 12.2 Å². The van der Waals surface area contributed by atoms with Crippen molar-refractivity contribution in [3.63, 3.8) is 0 Å². The predicted molar refractivity (Wildman–Crippen MR) is 104 cm³/mol. The Kier molecular flexibility index (Phi) is 4.82. The summed E-state index contributed by atoms with van der Waals surface area (Å²) in [6.45, 7) is 0. The van der Waals surface area contributed by atoms with Gasteiger partial charge < -0.3 is 0 Å². The lowest BCUT2D eigenvalue weighted by Gasteiger charge is -2.13. The zero-order chi connectivity index (χ0) is 18.5. The van der Waals surface area contributed by atoms with Crippen molar-refractivity contribution in [3.05, 3.63) is 72.8 Å². The standard InChI is InChI=1S/C20H12.2CHNO/c1-5-13-6-2-11-17-18-12-4-8-14-7-3-10-16(20(14)18)15(9-1)19(13)17;2*2-1-3/h1-12H;2*2H. The van der Waals surface area contributed by atoms with Crippen LogP contribution in [-0.4, -0.2) is 12.2 Å². The van der Waals surface area contributed by atoms with Crippen molar-refractivity contribution in [2.45, 2.75) is 0 Å². The minimum absolute atomic E-state index is 0.750. The van der Waals surface area contributed by atoms with Crippen molar-refractivity contribution in [1.29, 1.82) is 10.8 Å². The molecule has 5 rings (SSSR count). The summed E-state index contributed by atoms with van der Waals surface area (Å²) in [7, 11) is 0. The molecular formula is C22H14N2O2. The van der Waals surface area contributed by atoms with Crippen LogP contribution in [0.25, 0.3) is 43.1 Å². The van der Waals surface area contributed by atoms with Gasteiger partial charge in [0.25, 0.3) is 0 Å². The van der Waals surface area contributed by atoms with E-state index < -0.39 is 0 Å². The van der Waals surface area contributed by atoms with Gasteiger partial charge in [0.1, 0.15) is 0 Å². The molecule has 0 spiro atoms. The average molecular weight is 338 g/mol. The molecule has 0 aromatic heterocycles. The van der Waals surface area contributed by atoms with Gasteiger partial charge in [0.15, 0.2) is 0 Å². The highest BCUT2D eigenvalue weighted by atomic mass is 16.1. The molecule has 26 heavy (non-hydrogen) atoms. The number of hydrogen-bond acceptors (Lipinski definition) is 4. The van der Waals surface area contributed by atoms with E-state index in [-0.39, 0.29) is 0 Å². The average Bonchev–Trinajstić information content (AvgIpc) is 2.67. The zero-order valence-corrected chi connectivity index (χ0v) is 13.7. The van der Waals surface area contributed by atoms with Crippen molar-refractivity contribution >= 4 is 55.2 Å². The van der Waals surface area contributed by atoms with E-state index in [0.717, 1.165) is 12.2 Å². The number of nitrogens with one attached hydrogen (secondary N) is 2. The molecule has 0 unspecified atom stereocenters. The lowest BCUT2D eigenvalue weighted by molar-refractivity contribution is 0.562. The smallest absolute Gasteiger partial charge is 0.222 e. The Hall–Kier alpha value is -3.84. The van der Waals surface area contributed by atoms with E-state index in [0.29, 0.717) is 0 Å². The maximum absolute atomic E-state index is 8.35. The van der Waals surface area contributed by atoms with Gasteiger partial charge >= 0.3 is 0 Å². The molecular weight excluding hydrogens is 324 g/mol. The number of hydrogen-bond donors (Lipinski definition) is 2. The molecule has 0 aliphatic heterocycles. The first-order valence-corrected chi connectivity index (χ1v) is 7.88. The van der Waals surface area contributed by atoms with Gasteiger partial charge in [-0.3, -0.25) is 0 Å². The summed E-state index contributed by atoms with van der Waals surface area (Å²) in [5.74, 6) is 0. The normalized spacial score (nSPS) is 9.85. The number of benzene rings is 5. The maximum atomic E-state index is 8.35. The van der Waals surface area contributed by atoms with E-state index in [1.807, 2.05) is 0 Å². The van der Waals surface area contributed by atoms with E-state index in [4.69, 9.17) is 20.4 Å². The molecule has 0 fully saturated rings. The molecule has 4 heteroatoms. The fraction of sp³-hybridized carbons (Fsp3) is 0. The number of carbonyl (C=O) groups excluding carboxylic acids is 2. The molecule has 0 aliphatic carbocycles. The minimum Gasteiger partial charge on any atom is -0.222 e. The van der Waals surface area contributed by atoms with E-state index >= 15 is 0 Å². The monoisotopic (exact) mass is 338 g/mol. The Morgan fingerprint density at radius 2 is 0.731 bits per heavy atom. The highest BCUT2D eigenvalue weighted by Crippen LogP contribution is 2.39. The van der Waals surface area contributed by atoms with Crippen molar-refractivity contribution in [2.75, 3.05) is 0 Å². The SMILES string of the molecule is N=C=O.N=C=O.c1cc2cccc3c4cccc5cccc(c(c1)c23)c54. The van der Waals surface area contributed by atoms with Crippen LogP contribution in [0.1, 0.15) is 0 Å². The molecule has 0 radical (unpaired) electrons. The van der Waals surface area contributed by atoms with Gasteiger partial charge in [-0.2, -0.15) is 0 Å². The molecule has 4 nitrogen and oxygen atoms in total. The van der Waals surface area contributed by atoms with Gasteiger partial charge in [0.05, 0.1) is 0 Å². The summed E-state index contributed by atoms with van der Waals surface area (Å²) in [6, 6.07) is 26.4. The van der Waals surface area contributed by atoms with E-state index in [1.165, 1.54) is 43.1 Å². The van der Waals surface area contributed by atoms with Crippen LogP contribution < -0.4 is 0 Å². The van der Waals surface area contributed by atoms with Crippen LogP contribution in [0.5, 0.6) is 0 Å². The zero-order valence-electron chi connectivity index (χ0n) is 13.7. The molecule has 124 valence electrons. The second-order valence-electron chi connectivity index (χ2n) is 5.62. The number of rotatable bonds is 0. The number of isocyanates is 2. The topological polar surface area (TPSA) is 81.8 Å². The van der Waals surface area contributed by atoms with Crippen LogP contribution in [0.4, 0.5) is 0 Å². The minimum atomic E-state index is 0.750. The van der Waals surface area contributed by atoms with E-state index in [9.17, 15) is 0 Å². The first-order valence-electron chi connectivity index (χ1n) is 7.88. The van der Waals surface area contributed by atoms with E-state index in [1.54, 1.807) is 0 Å². The molecule has 5 aromatic carbocycles. The Morgan fingerprint density at radius 3 is 0.962 bits per heavy atom.